The molecule has 1 aromatic carbocycles. The number of para-hydroxylation sites is 1. The monoisotopic (exact) mass is 347 g/mol. The highest BCUT2D eigenvalue weighted by atomic mass is 32.2. The zero-order chi connectivity index (χ0) is 16.5. The van der Waals surface area contributed by atoms with Crippen LogP contribution in [0, 0.1) is 0 Å². The molecule has 0 aliphatic heterocycles. The molecule has 1 aliphatic rings. The van der Waals surface area contributed by atoms with Gasteiger partial charge in [-0.05, 0) is 25.0 Å². The molecule has 2 heterocycles. The average molecular weight is 347 g/mol. The molecule has 5 nitrogen and oxygen atoms in total. The summed E-state index contributed by atoms with van der Waals surface area (Å²) >= 11 is 1.37. The minimum Gasteiger partial charge on any atom is -0.277 e. The van der Waals surface area contributed by atoms with Crippen molar-refractivity contribution in [1.29, 1.82) is 0 Å². The molecule has 1 saturated carbocycles. The Kier molecular flexibility index (Phi) is 4.05. The number of thioether (sulfide) groups is 1. The lowest BCUT2D eigenvalue weighted by Crippen LogP contribution is -2.04. The second kappa shape index (κ2) is 6.35. The normalized spacial score (nSPS) is 14.5. The van der Waals surface area contributed by atoms with E-state index in [0.29, 0.717) is 22.7 Å². The van der Waals surface area contributed by atoms with Gasteiger partial charge in [0.1, 0.15) is 11.6 Å². The SMILES string of the molecule is FC(F)n1ccnc1CSc1nnc(C2CC2)n1-c1ccccc1. The van der Waals surface area contributed by atoms with Crippen LogP contribution in [0.25, 0.3) is 5.69 Å². The molecule has 4 rings (SSSR count). The third-order valence-corrected chi connectivity index (χ3v) is 4.83. The number of aromatic nitrogens is 5. The van der Waals surface area contributed by atoms with E-state index in [0.717, 1.165) is 28.9 Å². The van der Waals surface area contributed by atoms with E-state index in [1.165, 1.54) is 24.2 Å². The van der Waals surface area contributed by atoms with Crippen molar-refractivity contribution in [2.45, 2.75) is 36.2 Å². The highest BCUT2D eigenvalue weighted by Gasteiger charge is 2.31. The van der Waals surface area contributed by atoms with Gasteiger partial charge >= 0.3 is 6.55 Å². The number of benzene rings is 1. The first-order valence-electron chi connectivity index (χ1n) is 7.67. The molecule has 8 heteroatoms. The van der Waals surface area contributed by atoms with Gasteiger partial charge in [-0.2, -0.15) is 8.78 Å². The Balaban J connectivity index is 1.63. The molecule has 124 valence electrons. The molecule has 2 aromatic heterocycles. The minimum absolute atomic E-state index is 0.312. The van der Waals surface area contributed by atoms with Crippen LogP contribution in [0.15, 0.2) is 47.9 Å². The van der Waals surface area contributed by atoms with Gasteiger partial charge in [-0.25, -0.2) is 4.98 Å². The summed E-state index contributed by atoms with van der Waals surface area (Å²) in [6, 6.07) is 9.88. The van der Waals surface area contributed by atoms with Crippen LogP contribution >= 0.6 is 11.8 Å². The van der Waals surface area contributed by atoms with Crippen LogP contribution in [0.3, 0.4) is 0 Å². The standard InChI is InChI=1S/C16H15F2N5S/c17-15(18)22-9-8-19-13(22)10-24-16-21-20-14(11-6-7-11)23(16)12-4-2-1-3-5-12/h1-5,8-9,11,15H,6-7,10H2. The topological polar surface area (TPSA) is 48.5 Å². The van der Waals surface area contributed by atoms with Gasteiger partial charge in [0.25, 0.3) is 0 Å². The summed E-state index contributed by atoms with van der Waals surface area (Å²) in [4.78, 5) is 4.01. The Morgan fingerprint density at radius 2 is 1.96 bits per heavy atom. The molecule has 3 aromatic rings. The Hall–Kier alpha value is -2.22. The maximum atomic E-state index is 12.9. The maximum Gasteiger partial charge on any atom is 0.319 e. The Labute approximate surface area is 141 Å². The number of halogens is 2. The van der Waals surface area contributed by atoms with Crippen LogP contribution in [0.1, 0.15) is 37.0 Å². The van der Waals surface area contributed by atoms with Gasteiger partial charge in [0.15, 0.2) is 5.16 Å². The lowest BCUT2D eigenvalue weighted by Gasteiger charge is -2.10. The predicted octanol–water partition coefficient (Wildman–Crippen LogP) is 4.03. The van der Waals surface area contributed by atoms with Crippen LogP contribution in [-0.4, -0.2) is 24.3 Å². The van der Waals surface area contributed by atoms with Crippen molar-refractivity contribution in [3.63, 3.8) is 0 Å². The second-order valence-corrected chi connectivity index (χ2v) is 6.55. The van der Waals surface area contributed by atoms with Gasteiger partial charge < -0.3 is 0 Å². The van der Waals surface area contributed by atoms with Crippen molar-refractivity contribution < 1.29 is 8.78 Å². The minimum atomic E-state index is -2.59. The van der Waals surface area contributed by atoms with Crippen LogP contribution < -0.4 is 0 Å². The first kappa shape index (κ1) is 15.3. The highest BCUT2D eigenvalue weighted by molar-refractivity contribution is 7.98. The molecule has 0 N–H and O–H groups in total. The number of hydrogen-bond acceptors (Lipinski definition) is 4. The number of nitrogens with zero attached hydrogens (tertiary/aromatic N) is 5. The molecule has 24 heavy (non-hydrogen) atoms. The Bertz CT molecular complexity index is 826. The van der Waals surface area contributed by atoms with Crippen molar-refractivity contribution in [1.82, 2.24) is 24.3 Å². The van der Waals surface area contributed by atoms with Gasteiger partial charge in [0, 0.05) is 24.0 Å². The smallest absolute Gasteiger partial charge is 0.277 e. The van der Waals surface area contributed by atoms with Gasteiger partial charge in [0.2, 0.25) is 0 Å². The van der Waals surface area contributed by atoms with Crippen molar-refractivity contribution in [3.8, 4) is 5.69 Å². The van der Waals surface area contributed by atoms with Gasteiger partial charge in [-0.1, -0.05) is 30.0 Å². The van der Waals surface area contributed by atoms with Crippen molar-refractivity contribution in [3.05, 3.63) is 54.4 Å². The summed E-state index contributed by atoms with van der Waals surface area (Å²) in [7, 11) is 0. The fourth-order valence-electron chi connectivity index (χ4n) is 2.56. The van der Waals surface area contributed by atoms with Crippen molar-refractivity contribution in [2.24, 2.45) is 0 Å². The van der Waals surface area contributed by atoms with Gasteiger partial charge in [-0.15, -0.1) is 10.2 Å². The summed E-state index contributed by atoms with van der Waals surface area (Å²) in [6.45, 7) is -2.59. The maximum absolute atomic E-state index is 12.9. The molecule has 0 radical (unpaired) electrons. The van der Waals surface area contributed by atoms with Crippen molar-refractivity contribution >= 4 is 11.8 Å². The Morgan fingerprint density at radius 3 is 2.67 bits per heavy atom. The molecule has 0 atom stereocenters. The van der Waals surface area contributed by atoms with E-state index >= 15 is 0 Å². The quantitative estimate of drug-likeness (QED) is 0.632. The summed E-state index contributed by atoms with van der Waals surface area (Å²) in [6.07, 6.45) is 4.91. The van der Waals surface area contributed by atoms with E-state index in [1.807, 2.05) is 34.9 Å². The van der Waals surface area contributed by atoms with E-state index < -0.39 is 6.55 Å². The van der Waals surface area contributed by atoms with E-state index in [1.54, 1.807) is 0 Å². The number of alkyl halides is 2. The first-order valence-corrected chi connectivity index (χ1v) is 8.66. The van der Waals surface area contributed by atoms with Gasteiger partial charge in [-0.3, -0.25) is 9.13 Å². The van der Waals surface area contributed by atoms with Gasteiger partial charge in [0.05, 0.1) is 5.75 Å². The van der Waals surface area contributed by atoms with E-state index in [4.69, 9.17) is 0 Å². The largest absolute Gasteiger partial charge is 0.319 e. The molecule has 0 amide bonds. The molecular formula is C16H15F2N5S. The lowest BCUT2D eigenvalue weighted by atomic mass is 10.3. The molecule has 1 aliphatic carbocycles. The van der Waals surface area contributed by atoms with E-state index in [-0.39, 0.29) is 0 Å². The zero-order valence-electron chi connectivity index (χ0n) is 12.7. The molecule has 0 bridgehead atoms. The fourth-order valence-corrected chi connectivity index (χ4v) is 3.47. The second-order valence-electron chi connectivity index (χ2n) is 5.60. The zero-order valence-corrected chi connectivity index (χ0v) is 13.5. The summed E-state index contributed by atoms with van der Waals surface area (Å²) < 4.78 is 28.8. The van der Waals surface area contributed by atoms with E-state index in [2.05, 4.69) is 15.2 Å². The summed E-state index contributed by atoms with van der Waals surface area (Å²) in [5.74, 6) is 2.02. The third kappa shape index (κ3) is 2.93. The molecule has 0 spiro atoms. The van der Waals surface area contributed by atoms with Crippen LogP contribution in [0.4, 0.5) is 8.78 Å². The predicted molar refractivity (Wildman–Crippen MR) is 86.4 cm³/mol. The number of hydrogen-bond donors (Lipinski definition) is 0. The van der Waals surface area contributed by atoms with E-state index in [9.17, 15) is 8.78 Å². The molecule has 0 saturated heterocycles. The first-order chi connectivity index (χ1) is 11.7. The number of rotatable bonds is 6. The Morgan fingerprint density at radius 1 is 1.17 bits per heavy atom. The van der Waals surface area contributed by atoms with Crippen LogP contribution in [0.5, 0.6) is 0 Å². The lowest BCUT2D eigenvalue weighted by molar-refractivity contribution is 0.0678. The summed E-state index contributed by atoms with van der Waals surface area (Å²) in [5.41, 5.74) is 0.990. The average Bonchev–Trinajstić information content (AvgIpc) is 3.18. The number of imidazole rings is 1. The summed E-state index contributed by atoms with van der Waals surface area (Å²) in [5, 5.41) is 9.31. The highest BCUT2D eigenvalue weighted by Crippen LogP contribution is 2.41. The van der Waals surface area contributed by atoms with Crippen molar-refractivity contribution in [2.75, 3.05) is 0 Å². The van der Waals surface area contributed by atoms with Crippen LogP contribution in [0.2, 0.25) is 0 Å². The molecule has 1 fully saturated rings. The third-order valence-electron chi connectivity index (χ3n) is 3.90. The molecular weight excluding hydrogens is 332 g/mol. The fraction of sp³-hybridized carbons (Fsp3) is 0.312. The van der Waals surface area contributed by atoms with Crippen LogP contribution in [-0.2, 0) is 5.75 Å². The molecule has 0 unspecified atom stereocenters.